The van der Waals surface area contributed by atoms with Crippen LogP contribution in [0.1, 0.15) is 19.4 Å². The van der Waals surface area contributed by atoms with Crippen molar-refractivity contribution >= 4 is 45.1 Å². The normalized spacial score (nSPS) is 11.9. The van der Waals surface area contributed by atoms with Crippen LogP contribution in [0.15, 0.2) is 72.0 Å². The van der Waals surface area contributed by atoms with Crippen molar-refractivity contribution in [3.05, 3.63) is 72.7 Å². The second kappa shape index (κ2) is 8.72. The number of nitrogens with two attached hydrogens (primary N) is 1. The number of hydrogen-bond acceptors (Lipinski definition) is 7. The van der Waals surface area contributed by atoms with Crippen molar-refractivity contribution in [1.29, 1.82) is 0 Å². The van der Waals surface area contributed by atoms with E-state index in [0.717, 1.165) is 54.9 Å². The van der Waals surface area contributed by atoms with Gasteiger partial charge in [0.1, 0.15) is 5.82 Å². The van der Waals surface area contributed by atoms with E-state index in [1.807, 2.05) is 65.7 Å². The Labute approximate surface area is 202 Å². The van der Waals surface area contributed by atoms with E-state index in [2.05, 4.69) is 28.4 Å². The third-order valence-corrected chi connectivity index (χ3v) is 6.34. The predicted octanol–water partition coefficient (Wildman–Crippen LogP) is 5.44. The number of fused-ring (bicyclic) bond motifs is 2. The molecule has 0 aliphatic heterocycles. The maximum atomic E-state index is 10.2. The van der Waals surface area contributed by atoms with Gasteiger partial charge in [-0.25, -0.2) is 4.98 Å². The molecule has 0 atom stereocenters. The quantitative estimate of drug-likeness (QED) is 0.284. The summed E-state index contributed by atoms with van der Waals surface area (Å²) in [6, 6.07) is 16.0. The van der Waals surface area contributed by atoms with Gasteiger partial charge < -0.3 is 10.4 Å². The molecule has 5 rings (SSSR count). The Morgan fingerprint density at radius 2 is 1.82 bits per heavy atom. The lowest BCUT2D eigenvalue weighted by Gasteiger charge is -2.18. The molecule has 2 aromatic carbocycles. The molecule has 0 saturated carbocycles. The van der Waals surface area contributed by atoms with Gasteiger partial charge in [0.15, 0.2) is 0 Å². The third-order valence-electron chi connectivity index (χ3n) is 5.80. The number of benzene rings is 2. The number of nitrogens with one attached hydrogen (secondary N) is 1. The Balaban J connectivity index is 1.56. The number of hydrogen-bond donors (Lipinski definition) is 3. The summed E-state index contributed by atoms with van der Waals surface area (Å²) in [4.78, 5) is 10.3. The Hall–Kier alpha value is -3.46. The van der Waals surface area contributed by atoms with Crippen LogP contribution in [-0.4, -0.2) is 30.5 Å². The molecule has 3 heterocycles. The molecule has 5 aromatic rings. The Kier molecular flexibility index (Phi) is 5.73. The van der Waals surface area contributed by atoms with Crippen molar-refractivity contribution in [2.75, 3.05) is 5.32 Å². The first-order valence-electron chi connectivity index (χ1n) is 11.0. The van der Waals surface area contributed by atoms with Crippen LogP contribution in [0.2, 0.25) is 0 Å². The van der Waals surface area contributed by atoms with Crippen molar-refractivity contribution in [2.45, 2.75) is 37.8 Å². The van der Waals surface area contributed by atoms with Crippen LogP contribution >= 0.6 is 11.9 Å². The van der Waals surface area contributed by atoms with Gasteiger partial charge in [-0.2, -0.15) is 5.10 Å². The lowest BCUT2D eigenvalue weighted by Crippen LogP contribution is -2.26. The zero-order chi connectivity index (χ0) is 23.9. The maximum Gasteiger partial charge on any atom is 0.130 e. The Morgan fingerprint density at radius 3 is 2.56 bits per heavy atom. The van der Waals surface area contributed by atoms with E-state index < -0.39 is 5.60 Å². The average molecular weight is 471 g/mol. The summed E-state index contributed by atoms with van der Waals surface area (Å²) in [5.41, 5.74) is 4.12. The average Bonchev–Trinajstić information content (AvgIpc) is 3.21. The zero-order valence-corrected chi connectivity index (χ0v) is 20.1. The van der Waals surface area contributed by atoms with Gasteiger partial charge in [-0.15, -0.1) is 0 Å². The van der Waals surface area contributed by atoms with Crippen LogP contribution in [-0.2, 0) is 6.54 Å². The van der Waals surface area contributed by atoms with Crippen LogP contribution in [0.25, 0.3) is 32.9 Å². The number of aryl methyl sites for hydroxylation is 1. The summed E-state index contributed by atoms with van der Waals surface area (Å²) in [6.45, 7) is 6.08. The minimum atomic E-state index is -0.845. The summed E-state index contributed by atoms with van der Waals surface area (Å²) in [5.74, 6) is 0.742. The van der Waals surface area contributed by atoms with Gasteiger partial charge in [0.25, 0.3) is 0 Å². The predicted molar refractivity (Wildman–Crippen MR) is 139 cm³/mol. The van der Waals surface area contributed by atoms with E-state index >= 15 is 0 Å². The van der Waals surface area contributed by atoms with E-state index in [1.165, 1.54) is 11.9 Å². The van der Waals surface area contributed by atoms with Crippen molar-refractivity contribution in [2.24, 2.45) is 5.14 Å². The van der Waals surface area contributed by atoms with Crippen molar-refractivity contribution < 1.29 is 5.11 Å². The molecular weight excluding hydrogens is 444 g/mol. The Morgan fingerprint density at radius 1 is 1.03 bits per heavy atom. The number of rotatable bonds is 6. The molecule has 172 valence electrons. The monoisotopic (exact) mass is 470 g/mol. The van der Waals surface area contributed by atoms with Crippen LogP contribution in [0, 0.1) is 6.92 Å². The van der Waals surface area contributed by atoms with Crippen LogP contribution in [0.5, 0.6) is 0 Å². The molecule has 34 heavy (non-hydrogen) atoms. The van der Waals surface area contributed by atoms with E-state index in [-0.39, 0.29) is 0 Å². The molecule has 8 heteroatoms. The first-order chi connectivity index (χ1) is 16.3. The van der Waals surface area contributed by atoms with E-state index in [9.17, 15) is 5.11 Å². The third kappa shape index (κ3) is 4.35. The molecule has 0 saturated heterocycles. The largest absolute Gasteiger partial charge is 0.389 e. The summed E-state index contributed by atoms with van der Waals surface area (Å²) in [6.07, 6.45) is 5.54. The zero-order valence-electron chi connectivity index (χ0n) is 19.3. The standard InChI is InChI=1S/C26H26N6OS/c1-16-20(8-9-23-22(16)14-30-32(23)15-26(2,3)33)25-21-12-24(29-13-17(21)10-11-28-25)31-18-4-6-19(34-27)7-5-18/h4-14,33H,15,27H2,1-3H3,(H,29,31). The van der Waals surface area contributed by atoms with Gasteiger partial charge in [0.2, 0.25) is 0 Å². The molecule has 0 radical (unpaired) electrons. The minimum Gasteiger partial charge on any atom is -0.389 e. The molecular formula is C26H26N6OS. The van der Waals surface area contributed by atoms with Gasteiger partial charge >= 0.3 is 0 Å². The smallest absolute Gasteiger partial charge is 0.130 e. The molecule has 0 amide bonds. The van der Waals surface area contributed by atoms with Crippen molar-refractivity contribution in [1.82, 2.24) is 19.7 Å². The van der Waals surface area contributed by atoms with Gasteiger partial charge in [-0.1, -0.05) is 6.07 Å². The minimum absolute atomic E-state index is 0.424. The summed E-state index contributed by atoms with van der Waals surface area (Å²) >= 11 is 1.22. The lowest BCUT2D eigenvalue weighted by atomic mass is 9.98. The molecule has 7 nitrogen and oxygen atoms in total. The number of aliphatic hydroxyl groups is 1. The summed E-state index contributed by atoms with van der Waals surface area (Å²) in [7, 11) is 0. The molecule has 0 unspecified atom stereocenters. The van der Waals surface area contributed by atoms with Gasteiger partial charge in [-0.05, 0) is 80.7 Å². The fraction of sp³-hybridized carbons (Fsp3) is 0.192. The molecule has 0 aliphatic carbocycles. The SMILES string of the molecule is Cc1c(-c2nccc3cnc(Nc4ccc(SN)cc4)cc23)ccc2c1cnn2CC(C)(C)O. The molecule has 3 aromatic heterocycles. The number of pyridine rings is 2. The van der Waals surface area contributed by atoms with Gasteiger partial charge in [0.05, 0.1) is 29.6 Å². The van der Waals surface area contributed by atoms with Crippen molar-refractivity contribution in [3.63, 3.8) is 0 Å². The van der Waals surface area contributed by atoms with Crippen LogP contribution < -0.4 is 10.5 Å². The fourth-order valence-electron chi connectivity index (χ4n) is 4.15. The molecule has 0 fully saturated rings. The summed E-state index contributed by atoms with van der Waals surface area (Å²) in [5, 5.41) is 26.8. The highest BCUT2D eigenvalue weighted by atomic mass is 32.2. The van der Waals surface area contributed by atoms with Crippen LogP contribution in [0.3, 0.4) is 0 Å². The summed E-state index contributed by atoms with van der Waals surface area (Å²) < 4.78 is 1.85. The number of aromatic nitrogens is 4. The second-order valence-electron chi connectivity index (χ2n) is 9.00. The molecule has 0 aliphatic rings. The van der Waals surface area contributed by atoms with E-state index in [4.69, 9.17) is 10.1 Å². The topological polar surface area (TPSA) is 102 Å². The van der Waals surface area contributed by atoms with E-state index in [0.29, 0.717) is 6.54 Å². The first kappa shape index (κ1) is 22.3. The number of nitrogens with zero attached hydrogens (tertiary/aromatic N) is 4. The van der Waals surface area contributed by atoms with Crippen molar-refractivity contribution in [3.8, 4) is 11.3 Å². The van der Waals surface area contributed by atoms with Crippen LogP contribution in [0.4, 0.5) is 11.5 Å². The second-order valence-corrected chi connectivity index (χ2v) is 9.71. The highest BCUT2D eigenvalue weighted by Gasteiger charge is 2.18. The highest BCUT2D eigenvalue weighted by Crippen LogP contribution is 2.34. The lowest BCUT2D eigenvalue weighted by molar-refractivity contribution is 0.0591. The molecule has 0 spiro atoms. The first-order valence-corrected chi connectivity index (χ1v) is 11.9. The number of anilines is 2. The van der Waals surface area contributed by atoms with Gasteiger partial charge in [-0.3, -0.25) is 14.8 Å². The van der Waals surface area contributed by atoms with Gasteiger partial charge in [0, 0.05) is 44.7 Å². The molecule has 0 bridgehead atoms. The Bertz CT molecular complexity index is 1490. The maximum absolute atomic E-state index is 10.2. The molecule has 4 N–H and O–H groups in total. The highest BCUT2D eigenvalue weighted by molar-refractivity contribution is 7.97. The van der Waals surface area contributed by atoms with E-state index in [1.54, 1.807) is 13.8 Å². The fourth-order valence-corrected chi connectivity index (χ4v) is 4.45.